The lowest BCUT2D eigenvalue weighted by molar-refractivity contribution is -0.147. The number of carboxylic acid groups (broad SMARTS) is 1. The van der Waals surface area contributed by atoms with E-state index in [9.17, 15) is 9.59 Å². The number of hydrogen-bond acceptors (Lipinski definition) is 3. The largest absolute Gasteiger partial charge is 0.481 e. The van der Waals surface area contributed by atoms with E-state index in [1.807, 2.05) is 0 Å². The second-order valence-electron chi connectivity index (χ2n) is 3.35. The first kappa shape index (κ1) is 13.8. The number of hydrogen-bond donors (Lipinski definition) is 1. The summed E-state index contributed by atoms with van der Waals surface area (Å²) in [5.41, 5.74) is 0.466. The Labute approximate surface area is 108 Å². The van der Waals surface area contributed by atoms with Gasteiger partial charge in [0.25, 0.3) is 0 Å². The maximum atomic E-state index is 11.5. The highest BCUT2D eigenvalue weighted by molar-refractivity contribution is 6.42. The molecular formula is C11H10Cl2O4. The maximum Gasteiger partial charge on any atom is 0.313 e. The van der Waals surface area contributed by atoms with Crippen LogP contribution in [0.5, 0.6) is 0 Å². The molecule has 17 heavy (non-hydrogen) atoms. The smallest absolute Gasteiger partial charge is 0.313 e. The highest BCUT2D eigenvalue weighted by atomic mass is 35.5. The number of ether oxygens (including phenoxy) is 1. The summed E-state index contributed by atoms with van der Waals surface area (Å²) in [6.07, 6.45) is -0.357. The van der Waals surface area contributed by atoms with Crippen LogP contribution in [-0.2, 0) is 14.3 Å². The second-order valence-corrected chi connectivity index (χ2v) is 4.16. The van der Waals surface area contributed by atoms with Crippen LogP contribution in [0.15, 0.2) is 18.2 Å². The van der Waals surface area contributed by atoms with E-state index in [-0.39, 0.29) is 11.4 Å². The van der Waals surface area contributed by atoms with Crippen molar-refractivity contribution in [1.82, 2.24) is 0 Å². The SMILES string of the molecule is COC(=O)C(CC(=O)O)c1ccc(Cl)c(Cl)c1. The molecule has 0 heterocycles. The Morgan fingerprint density at radius 1 is 1.35 bits per heavy atom. The number of carbonyl (C=O) groups excluding carboxylic acids is 1. The summed E-state index contributed by atoms with van der Waals surface area (Å²) in [7, 11) is 1.20. The van der Waals surface area contributed by atoms with E-state index in [1.54, 1.807) is 6.07 Å². The summed E-state index contributed by atoms with van der Waals surface area (Å²) in [5.74, 6) is -2.59. The number of rotatable bonds is 4. The Morgan fingerprint density at radius 2 is 2.00 bits per heavy atom. The molecule has 4 nitrogen and oxygen atoms in total. The number of carboxylic acids is 1. The van der Waals surface area contributed by atoms with Crippen LogP contribution < -0.4 is 0 Å². The monoisotopic (exact) mass is 276 g/mol. The van der Waals surface area contributed by atoms with Crippen LogP contribution in [0, 0.1) is 0 Å². The van der Waals surface area contributed by atoms with Crippen molar-refractivity contribution in [2.75, 3.05) is 7.11 Å². The van der Waals surface area contributed by atoms with Crippen LogP contribution in [0.1, 0.15) is 17.9 Å². The molecule has 0 radical (unpaired) electrons. The molecule has 1 N–H and O–H groups in total. The minimum atomic E-state index is -1.09. The first-order valence-electron chi connectivity index (χ1n) is 4.70. The van der Waals surface area contributed by atoms with Crippen molar-refractivity contribution >= 4 is 35.1 Å². The average Bonchev–Trinajstić information content (AvgIpc) is 2.28. The van der Waals surface area contributed by atoms with Crippen molar-refractivity contribution in [3.05, 3.63) is 33.8 Å². The second kappa shape index (κ2) is 5.89. The van der Waals surface area contributed by atoms with Crippen LogP contribution in [0.2, 0.25) is 10.0 Å². The van der Waals surface area contributed by atoms with Gasteiger partial charge in [0.15, 0.2) is 0 Å². The van der Waals surface area contributed by atoms with E-state index in [4.69, 9.17) is 28.3 Å². The van der Waals surface area contributed by atoms with Gasteiger partial charge in [-0.15, -0.1) is 0 Å². The van der Waals surface area contributed by atoms with Gasteiger partial charge in [-0.1, -0.05) is 29.3 Å². The Hall–Kier alpha value is -1.26. The van der Waals surface area contributed by atoms with E-state index in [0.29, 0.717) is 10.6 Å². The van der Waals surface area contributed by atoms with E-state index in [0.717, 1.165) is 0 Å². The number of carbonyl (C=O) groups is 2. The third kappa shape index (κ3) is 3.61. The lowest BCUT2D eigenvalue weighted by Crippen LogP contribution is -2.17. The molecule has 0 amide bonds. The fourth-order valence-corrected chi connectivity index (χ4v) is 1.69. The molecular weight excluding hydrogens is 267 g/mol. The standard InChI is InChI=1S/C11H10Cl2O4/c1-17-11(16)7(5-10(14)15)6-2-3-8(12)9(13)4-6/h2-4,7H,5H2,1H3,(H,14,15). The quantitative estimate of drug-likeness (QED) is 0.859. The van der Waals surface area contributed by atoms with Gasteiger partial charge in [-0.3, -0.25) is 9.59 Å². The van der Waals surface area contributed by atoms with Crippen molar-refractivity contribution in [2.24, 2.45) is 0 Å². The van der Waals surface area contributed by atoms with Gasteiger partial charge in [0.05, 0.1) is 29.5 Å². The zero-order valence-corrected chi connectivity index (χ0v) is 10.5. The Kier molecular flexibility index (Phi) is 4.78. The first-order valence-corrected chi connectivity index (χ1v) is 5.46. The molecule has 6 heteroatoms. The van der Waals surface area contributed by atoms with E-state index in [1.165, 1.54) is 19.2 Å². The van der Waals surface area contributed by atoms with Crippen LogP contribution in [-0.4, -0.2) is 24.2 Å². The molecule has 0 saturated carbocycles. The summed E-state index contributed by atoms with van der Waals surface area (Å²) >= 11 is 11.6. The predicted octanol–water partition coefficient (Wildman–Crippen LogP) is 2.72. The number of halogens is 2. The van der Waals surface area contributed by atoms with E-state index < -0.39 is 17.9 Å². The summed E-state index contributed by atoms with van der Waals surface area (Å²) in [6.45, 7) is 0. The van der Waals surface area contributed by atoms with Gasteiger partial charge >= 0.3 is 11.9 Å². The normalized spacial score (nSPS) is 11.9. The number of benzene rings is 1. The van der Waals surface area contributed by atoms with Gasteiger partial charge in [-0.05, 0) is 17.7 Å². The average molecular weight is 277 g/mol. The molecule has 0 aliphatic carbocycles. The molecule has 0 saturated heterocycles. The van der Waals surface area contributed by atoms with Gasteiger partial charge < -0.3 is 9.84 Å². The van der Waals surface area contributed by atoms with Crippen molar-refractivity contribution < 1.29 is 19.4 Å². The Bertz CT molecular complexity index is 445. The molecule has 1 unspecified atom stereocenters. The van der Waals surface area contributed by atoms with Crippen molar-refractivity contribution in [2.45, 2.75) is 12.3 Å². The van der Waals surface area contributed by atoms with Crippen molar-refractivity contribution in [3.63, 3.8) is 0 Å². The minimum absolute atomic E-state index is 0.267. The lowest BCUT2D eigenvalue weighted by Gasteiger charge is -2.13. The fraction of sp³-hybridized carbons (Fsp3) is 0.273. The zero-order valence-electron chi connectivity index (χ0n) is 8.94. The van der Waals surface area contributed by atoms with Gasteiger partial charge in [0.1, 0.15) is 0 Å². The molecule has 0 fully saturated rings. The Morgan fingerprint density at radius 3 is 2.47 bits per heavy atom. The van der Waals surface area contributed by atoms with Crippen molar-refractivity contribution in [1.29, 1.82) is 0 Å². The maximum absolute atomic E-state index is 11.5. The number of methoxy groups -OCH3 is 1. The topological polar surface area (TPSA) is 63.6 Å². The Balaban J connectivity index is 3.07. The minimum Gasteiger partial charge on any atom is -0.481 e. The molecule has 1 aromatic carbocycles. The predicted molar refractivity (Wildman–Crippen MR) is 63.5 cm³/mol. The molecule has 0 aliphatic heterocycles. The third-order valence-electron chi connectivity index (χ3n) is 2.21. The van der Waals surface area contributed by atoms with Crippen molar-refractivity contribution in [3.8, 4) is 0 Å². The highest BCUT2D eigenvalue weighted by Crippen LogP contribution is 2.28. The van der Waals surface area contributed by atoms with Gasteiger partial charge in [0, 0.05) is 0 Å². The van der Waals surface area contributed by atoms with Crippen LogP contribution in [0.4, 0.5) is 0 Å². The lowest BCUT2D eigenvalue weighted by atomic mass is 9.96. The molecule has 1 rings (SSSR count). The fourth-order valence-electron chi connectivity index (χ4n) is 1.38. The van der Waals surface area contributed by atoms with Crippen LogP contribution in [0.3, 0.4) is 0 Å². The number of aliphatic carboxylic acids is 1. The van der Waals surface area contributed by atoms with E-state index >= 15 is 0 Å². The molecule has 0 aromatic heterocycles. The molecule has 1 aromatic rings. The first-order chi connectivity index (χ1) is 7.95. The van der Waals surface area contributed by atoms with Crippen LogP contribution in [0.25, 0.3) is 0 Å². The van der Waals surface area contributed by atoms with Gasteiger partial charge in [-0.25, -0.2) is 0 Å². The summed E-state index contributed by atoms with van der Waals surface area (Å²) < 4.78 is 4.56. The molecule has 0 spiro atoms. The molecule has 0 aliphatic rings. The summed E-state index contributed by atoms with van der Waals surface area (Å²) in [4.78, 5) is 22.2. The molecule has 1 atom stereocenters. The number of esters is 1. The van der Waals surface area contributed by atoms with Crippen LogP contribution >= 0.6 is 23.2 Å². The van der Waals surface area contributed by atoms with Gasteiger partial charge in [0.2, 0.25) is 0 Å². The molecule has 92 valence electrons. The van der Waals surface area contributed by atoms with E-state index in [2.05, 4.69) is 4.74 Å². The van der Waals surface area contributed by atoms with Gasteiger partial charge in [-0.2, -0.15) is 0 Å². The zero-order chi connectivity index (χ0) is 13.0. The summed E-state index contributed by atoms with van der Waals surface area (Å²) in [6, 6.07) is 4.53. The molecule has 0 bridgehead atoms. The summed E-state index contributed by atoms with van der Waals surface area (Å²) in [5, 5.41) is 9.36. The highest BCUT2D eigenvalue weighted by Gasteiger charge is 2.24. The third-order valence-corrected chi connectivity index (χ3v) is 2.95.